The van der Waals surface area contributed by atoms with Gasteiger partial charge in [0, 0.05) is 42.9 Å². The minimum atomic E-state index is -0.456. The Kier molecular flexibility index (Phi) is 7.75. The van der Waals surface area contributed by atoms with E-state index in [2.05, 4.69) is 6.58 Å². The third-order valence-corrected chi connectivity index (χ3v) is 4.90. The quantitative estimate of drug-likeness (QED) is 0.248. The van der Waals surface area contributed by atoms with Crippen LogP contribution in [-0.2, 0) is 21.4 Å². The van der Waals surface area contributed by atoms with Crippen LogP contribution in [0.2, 0.25) is 0 Å². The van der Waals surface area contributed by atoms with Gasteiger partial charge in [0.05, 0.1) is 7.11 Å². The predicted molar refractivity (Wildman–Crippen MR) is 118 cm³/mol. The van der Waals surface area contributed by atoms with Crippen molar-refractivity contribution in [2.24, 2.45) is 0 Å². The zero-order valence-electron chi connectivity index (χ0n) is 18.6. The molecule has 6 heteroatoms. The highest BCUT2D eigenvalue weighted by atomic mass is 16.5. The van der Waals surface area contributed by atoms with Gasteiger partial charge in [0.15, 0.2) is 5.78 Å². The number of esters is 2. The Morgan fingerprint density at radius 1 is 0.968 bits per heavy atom. The summed E-state index contributed by atoms with van der Waals surface area (Å²) in [5.74, 6) is 0.446. The molecule has 0 saturated heterocycles. The molecule has 0 radical (unpaired) electrons. The Morgan fingerprint density at radius 2 is 1.58 bits per heavy atom. The molecule has 6 nitrogen and oxygen atoms in total. The molecule has 0 saturated carbocycles. The Hall–Kier alpha value is -3.41. The van der Waals surface area contributed by atoms with Crippen LogP contribution in [0.1, 0.15) is 55.6 Å². The summed E-state index contributed by atoms with van der Waals surface area (Å²) in [5, 5.41) is 0. The second kappa shape index (κ2) is 10.1. The van der Waals surface area contributed by atoms with Crippen molar-refractivity contribution >= 4 is 17.7 Å². The summed E-state index contributed by atoms with van der Waals surface area (Å²) in [7, 11) is 1.53. The normalized spacial score (nSPS) is 10.9. The first kappa shape index (κ1) is 23.9. The van der Waals surface area contributed by atoms with Gasteiger partial charge in [0.25, 0.3) is 0 Å². The number of aryl methyl sites for hydroxylation is 1. The Bertz CT molecular complexity index is 986. The molecule has 0 amide bonds. The molecule has 0 fully saturated rings. The fraction of sp³-hybridized carbons (Fsp3) is 0.320. The highest BCUT2D eigenvalue weighted by molar-refractivity contribution is 5.96. The smallest absolute Gasteiger partial charge is 0.308 e. The van der Waals surface area contributed by atoms with E-state index in [4.69, 9.17) is 14.2 Å². The van der Waals surface area contributed by atoms with Crippen molar-refractivity contribution in [3.63, 3.8) is 0 Å². The van der Waals surface area contributed by atoms with Gasteiger partial charge < -0.3 is 14.2 Å². The maximum atomic E-state index is 12.7. The number of hydrogen-bond acceptors (Lipinski definition) is 6. The fourth-order valence-corrected chi connectivity index (χ4v) is 3.11. The van der Waals surface area contributed by atoms with Gasteiger partial charge in [0.2, 0.25) is 0 Å². The lowest BCUT2D eigenvalue weighted by atomic mass is 9.82. The second-order valence-corrected chi connectivity index (χ2v) is 7.72. The summed E-state index contributed by atoms with van der Waals surface area (Å²) in [5.41, 5.74) is 1.68. The molecular weight excluding hydrogens is 396 g/mol. The van der Waals surface area contributed by atoms with E-state index in [1.165, 1.54) is 21.0 Å². The Morgan fingerprint density at radius 3 is 2.10 bits per heavy atom. The number of carbonyl (C=O) groups excluding carboxylic acids is 3. The number of Topliss-reactive ketones (excluding diaryl/α,β-unsaturated/α-hetero) is 1. The van der Waals surface area contributed by atoms with E-state index in [0.29, 0.717) is 29.2 Å². The molecule has 2 rings (SSSR count). The lowest BCUT2D eigenvalue weighted by Crippen LogP contribution is -2.17. The van der Waals surface area contributed by atoms with Crippen LogP contribution in [0.25, 0.3) is 0 Å². The molecule has 164 valence electrons. The Labute approximate surface area is 182 Å². The first-order valence-corrected chi connectivity index (χ1v) is 9.92. The van der Waals surface area contributed by atoms with Crippen molar-refractivity contribution in [2.45, 2.75) is 46.0 Å². The van der Waals surface area contributed by atoms with E-state index in [1.807, 2.05) is 19.9 Å². The maximum absolute atomic E-state index is 12.7. The number of allylic oxidation sites excluding steroid dienone is 1. The lowest BCUT2D eigenvalue weighted by molar-refractivity contribution is -0.132. The summed E-state index contributed by atoms with van der Waals surface area (Å²) in [6.45, 7) is 10.5. The molecule has 0 heterocycles. The van der Waals surface area contributed by atoms with E-state index in [9.17, 15) is 14.4 Å². The molecule has 0 aliphatic rings. The maximum Gasteiger partial charge on any atom is 0.308 e. The van der Waals surface area contributed by atoms with Crippen LogP contribution < -0.4 is 14.2 Å². The zero-order chi connectivity index (χ0) is 23.2. The van der Waals surface area contributed by atoms with Crippen LogP contribution >= 0.6 is 0 Å². The van der Waals surface area contributed by atoms with E-state index in [0.717, 1.165) is 11.1 Å². The van der Waals surface area contributed by atoms with Crippen molar-refractivity contribution in [1.82, 2.24) is 0 Å². The van der Waals surface area contributed by atoms with Gasteiger partial charge in [-0.3, -0.25) is 14.4 Å². The van der Waals surface area contributed by atoms with E-state index < -0.39 is 17.4 Å². The molecule has 2 aromatic rings. The molecule has 0 N–H and O–H groups in total. The van der Waals surface area contributed by atoms with Gasteiger partial charge in [-0.2, -0.15) is 0 Å². The van der Waals surface area contributed by atoms with Crippen molar-refractivity contribution in [2.75, 3.05) is 7.11 Å². The molecular formula is C25H28O6. The average Bonchev–Trinajstić information content (AvgIpc) is 2.71. The van der Waals surface area contributed by atoms with E-state index in [-0.39, 0.29) is 12.2 Å². The van der Waals surface area contributed by atoms with Crippen LogP contribution in [-0.4, -0.2) is 24.8 Å². The average molecular weight is 424 g/mol. The van der Waals surface area contributed by atoms with Crippen LogP contribution in [0, 0.1) is 0 Å². The first-order valence-electron chi connectivity index (χ1n) is 9.92. The van der Waals surface area contributed by atoms with Gasteiger partial charge in [-0.25, -0.2) is 0 Å². The van der Waals surface area contributed by atoms with Crippen molar-refractivity contribution in [1.29, 1.82) is 0 Å². The molecule has 0 spiro atoms. The Balaban J connectivity index is 2.28. The van der Waals surface area contributed by atoms with Gasteiger partial charge in [-0.15, -0.1) is 6.58 Å². The van der Waals surface area contributed by atoms with Gasteiger partial charge in [-0.05, 0) is 42.3 Å². The topological polar surface area (TPSA) is 78.9 Å². The predicted octanol–water partition coefficient (Wildman–Crippen LogP) is 4.82. The number of hydrogen-bond donors (Lipinski definition) is 0. The first-order chi connectivity index (χ1) is 14.6. The molecule has 0 aliphatic heterocycles. The minimum absolute atomic E-state index is 0.0509. The molecule has 0 atom stereocenters. The summed E-state index contributed by atoms with van der Waals surface area (Å²) < 4.78 is 15.9. The highest BCUT2D eigenvalue weighted by Gasteiger charge is 2.25. The van der Waals surface area contributed by atoms with Crippen LogP contribution in [0.4, 0.5) is 0 Å². The van der Waals surface area contributed by atoms with E-state index >= 15 is 0 Å². The van der Waals surface area contributed by atoms with Crippen molar-refractivity contribution in [3.05, 3.63) is 65.7 Å². The SMILES string of the molecule is C=CC(C)(C)c1cc(CCC(=O)c2ccc(OC(C)=O)cc2)c(OC)cc1OC(C)=O. The van der Waals surface area contributed by atoms with Gasteiger partial charge in [-0.1, -0.05) is 19.9 Å². The molecule has 0 aromatic heterocycles. The minimum Gasteiger partial charge on any atom is -0.496 e. The standard InChI is InChI=1S/C25H28O6/c1-7-25(4,5)21-14-19(23(29-6)15-24(21)31-17(3)27)10-13-22(28)18-8-11-20(12-9-18)30-16(2)26/h7-9,11-12,14-15H,1,10,13H2,2-6H3. The summed E-state index contributed by atoms with van der Waals surface area (Å²) in [6, 6.07) is 10.0. The van der Waals surface area contributed by atoms with Crippen LogP contribution in [0.15, 0.2) is 49.1 Å². The van der Waals surface area contributed by atoms with E-state index in [1.54, 1.807) is 36.4 Å². The second-order valence-electron chi connectivity index (χ2n) is 7.72. The van der Waals surface area contributed by atoms with Gasteiger partial charge in [0.1, 0.15) is 17.2 Å². The lowest BCUT2D eigenvalue weighted by Gasteiger charge is -2.25. The molecule has 0 unspecified atom stereocenters. The third-order valence-electron chi connectivity index (χ3n) is 4.90. The number of ether oxygens (including phenoxy) is 3. The van der Waals surface area contributed by atoms with Crippen molar-refractivity contribution < 1.29 is 28.6 Å². The monoisotopic (exact) mass is 424 g/mol. The zero-order valence-corrected chi connectivity index (χ0v) is 18.6. The summed E-state index contributed by atoms with van der Waals surface area (Å²) in [6.07, 6.45) is 2.47. The molecule has 31 heavy (non-hydrogen) atoms. The molecule has 0 bridgehead atoms. The molecule has 0 aliphatic carbocycles. The summed E-state index contributed by atoms with van der Waals surface area (Å²) in [4.78, 5) is 35.2. The number of carbonyl (C=O) groups is 3. The molecule has 2 aromatic carbocycles. The third kappa shape index (κ3) is 6.28. The number of methoxy groups -OCH3 is 1. The fourth-order valence-electron chi connectivity index (χ4n) is 3.11. The summed E-state index contributed by atoms with van der Waals surface area (Å²) >= 11 is 0. The van der Waals surface area contributed by atoms with Crippen molar-refractivity contribution in [3.8, 4) is 17.2 Å². The number of benzene rings is 2. The van der Waals surface area contributed by atoms with Gasteiger partial charge >= 0.3 is 11.9 Å². The number of ketones is 1. The van der Waals surface area contributed by atoms with Crippen LogP contribution in [0.3, 0.4) is 0 Å². The highest BCUT2D eigenvalue weighted by Crippen LogP contribution is 2.38. The largest absolute Gasteiger partial charge is 0.496 e. The van der Waals surface area contributed by atoms with Crippen LogP contribution in [0.5, 0.6) is 17.2 Å². The number of rotatable bonds is 9.